The van der Waals surface area contributed by atoms with Crippen molar-refractivity contribution < 1.29 is 14.4 Å². The maximum Gasteiger partial charge on any atom is 0.340 e. The Labute approximate surface area is 87.3 Å². The molecule has 2 aliphatic rings. The molecule has 0 unspecified atom stereocenters. The summed E-state index contributed by atoms with van der Waals surface area (Å²) in [5, 5.41) is 12.9. The Balaban J connectivity index is 1.93. The standard InChI is InChI=1S/C11H13NO3/c13-11(14)9-5-15-12-10(9)8-4-6-1-2-7(8)3-6/h5-8H,1-4H2,(H,13,14)/t6-,7-,8-/m0/s1. The molecule has 0 amide bonds. The molecule has 3 rings (SSSR count). The van der Waals surface area contributed by atoms with Crippen molar-refractivity contribution in [3.05, 3.63) is 17.5 Å². The molecule has 1 aromatic heterocycles. The predicted octanol–water partition coefficient (Wildman–Crippen LogP) is 2.28. The number of carbonyl (C=O) groups is 1. The fraction of sp³-hybridized carbons (Fsp3) is 0.636. The molecular weight excluding hydrogens is 194 g/mol. The molecule has 2 fully saturated rings. The van der Waals surface area contributed by atoms with Crippen molar-refractivity contribution in [2.24, 2.45) is 11.8 Å². The molecule has 0 aromatic carbocycles. The number of aromatic carboxylic acids is 1. The number of carboxylic acid groups (broad SMARTS) is 1. The van der Waals surface area contributed by atoms with Crippen molar-refractivity contribution in [3.8, 4) is 0 Å². The van der Waals surface area contributed by atoms with Crippen molar-refractivity contribution in [1.82, 2.24) is 5.16 Å². The Bertz CT molecular complexity index is 398. The average Bonchev–Trinajstić information content (AvgIpc) is 2.92. The van der Waals surface area contributed by atoms with Crippen molar-refractivity contribution >= 4 is 5.97 Å². The summed E-state index contributed by atoms with van der Waals surface area (Å²) < 4.78 is 4.80. The maximum atomic E-state index is 10.9. The van der Waals surface area contributed by atoms with Crippen LogP contribution in [0.2, 0.25) is 0 Å². The molecule has 2 bridgehead atoms. The summed E-state index contributed by atoms with van der Waals surface area (Å²) >= 11 is 0. The summed E-state index contributed by atoms with van der Waals surface area (Å²) in [6.45, 7) is 0. The number of aromatic nitrogens is 1. The zero-order chi connectivity index (χ0) is 10.4. The van der Waals surface area contributed by atoms with Crippen LogP contribution in [0.15, 0.2) is 10.8 Å². The largest absolute Gasteiger partial charge is 0.478 e. The Kier molecular flexibility index (Phi) is 1.84. The molecule has 0 saturated heterocycles. The van der Waals surface area contributed by atoms with E-state index >= 15 is 0 Å². The molecule has 3 atom stereocenters. The van der Waals surface area contributed by atoms with Crippen LogP contribution in [0.4, 0.5) is 0 Å². The monoisotopic (exact) mass is 207 g/mol. The van der Waals surface area contributed by atoms with Crippen LogP contribution in [0.3, 0.4) is 0 Å². The molecule has 1 N–H and O–H groups in total. The van der Waals surface area contributed by atoms with Gasteiger partial charge in [-0.1, -0.05) is 11.6 Å². The molecule has 1 aromatic rings. The van der Waals surface area contributed by atoms with Crippen LogP contribution in [-0.4, -0.2) is 16.2 Å². The molecule has 4 heteroatoms. The first-order chi connectivity index (χ1) is 7.25. The van der Waals surface area contributed by atoms with Crippen LogP contribution in [0, 0.1) is 11.8 Å². The lowest BCUT2D eigenvalue weighted by Gasteiger charge is -2.19. The second kappa shape index (κ2) is 3.08. The van der Waals surface area contributed by atoms with E-state index in [4.69, 9.17) is 9.63 Å². The van der Waals surface area contributed by atoms with E-state index in [1.165, 1.54) is 25.5 Å². The number of carboxylic acids is 1. The van der Waals surface area contributed by atoms with Gasteiger partial charge in [0, 0.05) is 5.92 Å². The third kappa shape index (κ3) is 1.28. The summed E-state index contributed by atoms with van der Waals surface area (Å²) in [7, 11) is 0. The number of hydrogen-bond donors (Lipinski definition) is 1. The number of rotatable bonds is 2. The lowest BCUT2D eigenvalue weighted by molar-refractivity contribution is 0.0694. The van der Waals surface area contributed by atoms with Gasteiger partial charge in [-0.15, -0.1) is 0 Å². The number of fused-ring (bicyclic) bond motifs is 2. The molecular formula is C11H13NO3. The molecule has 2 saturated carbocycles. The van der Waals surface area contributed by atoms with Crippen molar-refractivity contribution in [3.63, 3.8) is 0 Å². The van der Waals surface area contributed by atoms with Gasteiger partial charge in [-0.25, -0.2) is 4.79 Å². The topological polar surface area (TPSA) is 63.3 Å². The fourth-order valence-electron chi connectivity index (χ4n) is 3.25. The van der Waals surface area contributed by atoms with Crippen LogP contribution < -0.4 is 0 Å². The summed E-state index contributed by atoms with van der Waals surface area (Å²) in [6.07, 6.45) is 6.13. The third-order valence-corrected chi connectivity index (χ3v) is 3.92. The van der Waals surface area contributed by atoms with Gasteiger partial charge in [0.15, 0.2) is 0 Å². The molecule has 2 aliphatic carbocycles. The minimum absolute atomic E-state index is 0.257. The number of hydrogen-bond acceptors (Lipinski definition) is 3. The van der Waals surface area contributed by atoms with Gasteiger partial charge in [0.2, 0.25) is 0 Å². The highest BCUT2D eigenvalue weighted by molar-refractivity contribution is 5.88. The second-order valence-electron chi connectivity index (χ2n) is 4.70. The van der Waals surface area contributed by atoms with E-state index in [0.717, 1.165) is 12.3 Å². The first kappa shape index (κ1) is 8.95. The van der Waals surface area contributed by atoms with Gasteiger partial charge in [0.05, 0.1) is 0 Å². The normalized spacial score (nSPS) is 33.5. The smallest absolute Gasteiger partial charge is 0.340 e. The van der Waals surface area contributed by atoms with E-state index in [9.17, 15) is 4.79 Å². The van der Waals surface area contributed by atoms with Crippen LogP contribution >= 0.6 is 0 Å². The van der Waals surface area contributed by atoms with Gasteiger partial charge in [0.1, 0.15) is 17.5 Å². The van der Waals surface area contributed by atoms with Gasteiger partial charge in [0.25, 0.3) is 0 Å². The van der Waals surface area contributed by atoms with Crippen LogP contribution in [0.1, 0.15) is 47.7 Å². The maximum absolute atomic E-state index is 10.9. The Morgan fingerprint density at radius 2 is 2.33 bits per heavy atom. The van der Waals surface area contributed by atoms with E-state index in [-0.39, 0.29) is 5.56 Å². The molecule has 4 nitrogen and oxygen atoms in total. The van der Waals surface area contributed by atoms with Crippen LogP contribution in [-0.2, 0) is 0 Å². The van der Waals surface area contributed by atoms with Gasteiger partial charge in [-0.3, -0.25) is 0 Å². The molecule has 0 spiro atoms. The Morgan fingerprint density at radius 1 is 1.47 bits per heavy atom. The average molecular weight is 207 g/mol. The number of nitrogens with zero attached hydrogens (tertiary/aromatic N) is 1. The summed E-state index contributed by atoms with van der Waals surface area (Å²) in [5.41, 5.74) is 0.933. The summed E-state index contributed by atoms with van der Waals surface area (Å²) in [6, 6.07) is 0. The SMILES string of the molecule is O=C(O)c1conc1[C@H]1C[C@H]2CC[C@H]1C2. The van der Waals surface area contributed by atoms with Crippen molar-refractivity contribution in [2.75, 3.05) is 0 Å². The predicted molar refractivity (Wildman–Crippen MR) is 51.7 cm³/mol. The van der Waals surface area contributed by atoms with Crippen molar-refractivity contribution in [2.45, 2.75) is 31.6 Å². The van der Waals surface area contributed by atoms with E-state index in [0.29, 0.717) is 17.5 Å². The van der Waals surface area contributed by atoms with E-state index in [2.05, 4.69) is 5.16 Å². The zero-order valence-corrected chi connectivity index (χ0v) is 8.35. The van der Waals surface area contributed by atoms with Gasteiger partial charge in [-0.2, -0.15) is 0 Å². The highest BCUT2D eigenvalue weighted by Gasteiger charge is 2.42. The van der Waals surface area contributed by atoms with Gasteiger partial charge < -0.3 is 9.63 Å². The highest BCUT2D eigenvalue weighted by atomic mass is 16.5. The third-order valence-electron chi connectivity index (χ3n) is 3.92. The van der Waals surface area contributed by atoms with Crippen molar-refractivity contribution in [1.29, 1.82) is 0 Å². The molecule has 15 heavy (non-hydrogen) atoms. The molecule has 1 heterocycles. The minimum atomic E-state index is -0.922. The van der Waals surface area contributed by atoms with E-state index < -0.39 is 5.97 Å². The van der Waals surface area contributed by atoms with E-state index in [1.54, 1.807) is 0 Å². The first-order valence-corrected chi connectivity index (χ1v) is 5.43. The molecule has 80 valence electrons. The minimum Gasteiger partial charge on any atom is -0.478 e. The van der Waals surface area contributed by atoms with Gasteiger partial charge in [-0.05, 0) is 31.1 Å². The summed E-state index contributed by atoms with van der Waals surface area (Å²) in [4.78, 5) is 10.9. The lowest BCUT2D eigenvalue weighted by atomic mass is 9.85. The second-order valence-corrected chi connectivity index (χ2v) is 4.70. The lowest BCUT2D eigenvalue weighted by Crippen LogP contribution is -2.12. The van der Waals surface area contributed by atoms with E-state index in [1.807, 2.05) is 0 Å². The van der Waals surface area contributed by atoms with Gasteiger partial charge >= 0.3 is 5.97 Å². The zero-order valence-electron chi connectivity index (χ0n) is 8.35. The Hall–Kier alpha value is -1.32. The Morgan fingerprint density at radius 3 is 2.93 bits per heavy atom. The highest BCUT2D eigenvalue weighted by Crippen LogP contribution is 2.52. The van der Waals surface area contributed by atoms with Crippen LogP contribution in [0.25, 0.3) is 0 Å². The molecule has 0 aliphatic heterocycles. The molecule has 0 radical (unpaired) electrons. The first-order valence-electron chi connectivity index (χ1n) is 5.43. The van der Waals surface area contributed by atoms with Crippen LogP contribution in [0.5, 0.6) is 0 Å². The fourth-order valence-corrected chi connectivity index (χ4v) is 3.25. The quantitative estimate of drug-likeness (QED) is 0.808. The summed E-state index contributed by atoms with van der Waals surface area (Å²) in [5.74, 6) is 0.833.